The van der Waals surface area contributed by atoms with Crippen molar-refractivity contribution in [2.45, 2.75) is 0 Å². The van der Waals surface area contributed by atoms with Crippen LogP contribution in [0, 0.1) is 0 Å². The number of aromatic hydroxyl groups is 1. The van der Waals surface area contributed by atoms with Crippen LogP contribution in [-0.4, -0.2) is 22.6 Å². The molecule has 0 aliphatic rings. The van der Waals surface area contributed by atoms with Gasteiger partial charge in [-0.1, -0.05) is 97.1 Å². The molecule has 0 aromatic heterocycles. The maximum absolute atomic E-state index is 10.2. The summed E-state index contributed by atoms with van der Waals surface area (Å²) in [5.41, 5.74) is 4.05. The minimum absolute atomic E-state index is 0.285. The van der Waals surface area contributed by atoms with E-state index >= 15 is 0 Å². The molecule has 3 aromatic carbocycles. The first-order chi connectivity index (χ1) is 13.3. The summed E-state index contributed by atoms with van der Waals surface area (Å²) in [5.74, 6) is 0.285. The SMILES string of the molecule is O=S(=O)(O)O.Oc1cccc(C=Cc2ccccc2)c1C=Cc1ccccc1. The van der Waals surface area contributed by atoms with Crippen molar-refractivity contribution in [3.05, 3.63) is 101 Å². The maximum Gasteiger partial charge on any atom is 0.394 e. The second-order valence-corrected chi connectivity index (χ2v) is 6.61. The average molecular weight is 396 g/mol. The third-order valence-electron chi connectivity index (χ3n) is 3.61. The van der Waals surface area contributed by atoms with E-state index in [9.17, 15) is 5.11 Å². The molecule has 0 saturated carbocycles. The van der Waals surface area contributed by atoms with Crippen molar-refractivity contribution in [1.82, 2.24) is 0 Å². The van der Waals surface area contributed by atoms with E-state index in [-0.39, 0.29) is 5.75 Å². The molecule has 0 saturated heterocycles. The highest BCUT2D eigenvalue weighted by molar-refractivity contribution is 7.79. The Hall–Kier alpha value is -3.19. The molecule has 6 heteroatoms. The van der Waals surface area contributed by atoms with Crippen molar-refractivity contribution in [3.8, 4) is 5.75 Å². The van der Waals surface area contributed by atoms with Crippen molar-refractivity contribution < 1.29 is 22.6 Å². The number of phenolic OH excluding ortho intramolecular Hbond substituents is 1. The zero-order chi connectivity index (χ0) is 20.4. The van der Waals surface area contributed by atoms with Crippen LogP contribution in [0.15, 0.2) is 78.9 Å². The summed E-state index contributed by atoms with van der Waals surface area (Å²) in [6.45, 7) is 0. The maximum atomic E-state index is 10.2. The quantitative estimate of drug-likeness (QED) is 0.422. The van der Waals surface area contributed by atoms with Gasteiger partial charge in [0, 0.05) is 5.56 Å². The first kappa shape index (κ1) is 21.1. The van der Waals surface area contributed by atoms with Gasteiger partial charge >= 0.3 is 10.4 Å². The van der Waals surface area contributed by atoms with Gasteiger partial charge in [-0.2, -0.15) is 8.42 Å². The molecule has 3 rings (SSSR count). The topological polar surface area (TPSA) is 94.8 Å². The Morgan fingerprint density at radius 1 is 0.607 bits per heavy atom. The molecule has 0 unspecified atom stereocenters. The van der Waals surface area contributed by atoms with Crippen LogP contribution in [0.3, 0.4) is 0 Å². The minimum atomic E-state index is -4.67. The first-order valence-electron chi connectivity index (χ1n) is 8.31. The lowest BCUT2D eigenvalue weighted by molar-refractivity contribution is 0.381. The zero-order valence-electron chi connectivity index (χ0n) is 14.9. The van der Waals surface area contributed by atoms with Crippen LogP contribution in [0.4, 0.5) is 0 Å². The molecule has 0 radical (unpaired) electrons. The lowest BCUT2D eigenvalue weighted by Gasteiger charge is -2.04. The summed E-state index contributed by atoms with van der Waals surface area (Å²) in [4.78, 5) is 0. The fourth-order valence-electron chi connectivity index (χ4n) is 2.39. The lowest BCUT2D eigenvalue weighted by atomic mass is 10.0. The largest absolute Gasteiger partial charge is 0.507 e. The highest BCUT2D eigenvalue weighted by Gasteiger charge is 2.02. The van der Waals surface area contributed by atoms with Crippen LogP contribution < -0.4 is 0 Å². The Bertz CT molecular complexity index is 1030. The molecular formula is C22H20O5S. The number of hydrogen-bond donors (Lipinski definition) is 3. The Labute approximate surface area is 164 Å². The van der Waals surface area contributed by atoms with Gasteiger partial charge in [0.25, 0.3) is 0 Å². The predicted molar refractivity (Wildman–Crippen MR) is 113 cm³/mol. The molecule has 3 N–H and O–H groups in total. The van der Waals surface area contributed by atoms with Crippen LogP contribution >= 0.6 is 0 Å². The monoisotopic (exact) mass is 396 g/mol. The number of phenols is 1. The summed E-state index contributed by atoms with van der Waals surface area (Å²) in [6.07, 6.45) is 8.04. The smallest absolute Gasteiger partial charge is 0.394 e. The number of rotatable bonds is 4. The predicted octanol–water partition coefficient (Wildman–Crippen LogP) is 5.08. The Morgan fingerprint density at radius 3 is 1.57 bits per heavy atom. The van der Waals surface area contributed by atoms with Crippen molar-refractivity contribution in [1.29, 1.82) is 0 Å². The summed E-state index contributed by atoms with van der Waals surface area (Å²) in [6, 6.07) is 25.8. The normalized spacial score (nSPS) is 11.4. The van der Waals surface area contributed by atoms with Crippen LogP contribution in [0.1, 0.15) is 22.3 Å². The van der Waals surface area contributed by atoms with Crippen LogP contribution in [0.5, 0.6) is 5.75 Å². The van der Waals surface area contributed by atoms with Crippen molar-refractivity contribution in [2.24, 2.45) is 0 Å². The highest BCUT2D eigenvalue weighted by Crippen LogP contribution is 2.25. The third-order valence-corrected chi connectivity index (χ3v) is 3.61. The first-order valence-corrected chi connectivity index (χ1v) is 9.71. The molecule has 3 aromatic rings. The summed E-state index contributed by atoms with van der Waals surface area (Å²) >= 11 is 0. The van der Waals surface area contributed by atoms with Gasteiger partial charge in [0.05, 0.1) is 0 Å². The van der Waals surface area contributed by atoms with Crippen LogP contribution in [-0.2, 0) is 10.4 Å². The van der Waals surface area contributed by atoms with Gasteiger partial charge in [-0.25, -0.2) is 0 Å². The standard InChI is InChI=1S/C22H18O.H2O4S/c23-22-13-7-12-20(16-14-18-8-3-1-4-9-18)21(22)17-15-19-10-5-2-6-11-19;1-5(2,3)4/h1-17,23H;(H2,1,2,3,4). The molecule has 0 spiro atoms. The highest BCUT2D eigenvalue weighted by atomic mass is 32.3. The van der Waals surface area contributed by atoms with Gasteiger partial charge < -0.3 is 5.11 Å². The van der Waals surface area contributed by atoms with Crippen LogP contribution in [0.25, 0.3) is 24.3 Å². The van der Waals surface area contributed by atoms with Gasteiger partial charge in [0.15, 0.2) is 0 Å². The molecule has 0 aliphatic heterocycles. The summed E-state index contributed by atoms with van der Waals surface area (Å²) in [5, 5.41) is 10.2. The van der Waals surface area contributed by atoms with Crippen molar-refractivity contribution in [3.63, 3.8) is 0 Å². The van der Waals surface area contributed by atoms with E-state index in [0.717, 1.165) is 22.3 Å². The lowest BCUT2D eigenvalue weighted by Crippen LogP contribution is -1.89. The molecule has 0 atom stereocenters. The molecule has 0 bridgehead atoms. The fraction of sp³-hybridized carbons (Fsp3) is 0. The zero-order valence-corrected chi connectivity index (χ0v) is 15.7. The molecule has 0 fully saturated rings. The second-order valence-electron chi connectivity index (χ2n) is 5.72. The molecule has 28 heavy (non-hydrogen) atoms. The van der Waals surface area contributed by atoms with Gasteiger partial charge in [0.1, 0.15) is 5.75 Å². The molecule has 0 heterocycles. The number of hydrogen-bond acceptors (Lipinski definition) is 3. The molecular weight excluding hydrogens is 376 g/mol. The van der Waals surface area contributed by atoms with Gasteiger partial charge in [0.2, 0.25) is 0 Å². The fourth-order valence-corrected chi connectivity index (χ4v) is 2.39. The minimum Gasteiger partial charge on any atom is -0.507 e. The summed E-state index contributed by atoms with van der Waals surface area (Å²) < 4.78 is 31.6. The van der Waals surface area contributed by atoms with Gasteiger partial charge in [-0.3, -0.25) is 9.11 Å². The van der Waals surface area contributed by atoms with Crippen molar-refractivity contribution >= 4 is 34.7 Å². The van der Waals surface area contributed by atoms with E-state index in [1.807, 2.05) is 78.9 Å². The Kier molecular flexibility index (Phi) is 7.71. The molecule has 144 valence electrons. The molecule has 5 nitrogen and oxygen atoms in total. The average Bonchev–Trinajstić information content (AvgIpc) is 2.66. The molecule has 0 amide bonds. The van der Waals surface area contributed by atoms with E-state index in [4.69, 9.17) is 17.5 Å². The van der Waals surface area contributed by atoms with E-state index in [1.54, 1.807) is 6.07 Å². The van der Waals surface area contributed by atoms with Gasteiger partial charge in [-0.15, -0.1) is 0 Å². The molecule has 0 aliphatic carbocycles. The second kappa shape index (κ2) is 10.2. The third kappa shape index (κ3) is 8.01. The van der Waals surface area contributed by atoms with Crippen LogP contribution in [0.2, 0.25) is 0 Å². The van der Waals surface area contributed by atoms with E-state index in [2.05, 4.69) is 18.2 Å². The van der Waals surface area contributed by atoms with Gasteiger partial charge in [-0.05, 0) is 22.8 Å². The Balaban J connectivity index is 0.000000500. The summed E-state index contributed by atoms with van der Waals surface area (Å²) in [7, 11) is -4.67. The van der Waals surface area contributed by atoms with E-state index in [0.29, 0.717) is 0 Å². The van der Waals surface area contributed by atoms with Crippen molar-refractivity contribution in [2.75, 3.05) is 0 Å². The Morgan fingerprint density at radius 2 is 1.07 bits per heavy atom. The van der Waals surface area contributed by atoms with E-state index < -0.39 is 10.4 Å². The number of benzene rings is 3. The van der Waals surface area contributed by atoms with E-state index in [1.165, 1.54) is 0 Å².